The Balaban J connectivity index is 1.36. The van der Waals surface area contributed by atoms with Crippen LogP contribution in [0.1, 0.15) is 72.6 Å². The summed E-state index contributed by atoms with van der Waals surface area (Å²) in [5.41, 5.74) is 5.67. The molecule has 2 heteroatoms. The van der Waals surface area contributed by atoms with E-state index in [1.807, 2.05) is 6.21 Å². The van der Waals surface area contributed by atoms with Gasteiger partial charge in [0.15, 0.2) is 0 Å². The first-order valence-corrected chi connectivity index (χ1v) is 12.4. The molecule has 3 fully saturated rings. The van der Waals surface area contributed by atoms with Crippen molar-refractivity contribution in [3.63, 3.8) is 0 Å². The van der Waals surface area contributed by atoms with Crippen LogP contribution in [-0.2, 0) is 0 Å². The van der Waals surface area contributed by atoms with Crippen LogP contribution in [0.3, 0.4) is 0 Å². The number of allylic oxidation sites excluding steroid dienone is 4. The highest BCUT2D eigenvalue weighted by molar-refractivity contribution is 5.80. The van der Waals surface area contributed by atoms with Crippen molar-refractivity contribution in [2.75, 3.05) is 13.2 Å². The fourth-order valence-electron chi connectivity index (χ4n) is 8.74. The van der Waals surface area contributed by atoms with Crippen LogP contribution in [0.25, 0.3) is 0 Å². The lowest BCUT2D eigenvalue weighted by Crippen LogP contribution is -2.45. The molecule has 4 aliphatic carbocycles. The summed E-state index contributed by atoms with van der Waals surface area (Å²) in [6, 6.07) is 0. The first kappa shape index (κ1) is 20.7. The standard InChI is InChI=1S/C28H41NO/c1-18-12-23-27(5,25-24(18)26(25,3)4)19(2)6-9-28(23)10-7-20(15-28)13-22(17-30)14-21-8-11-29-16-21/h8,12,16,19-20,22,24-25,30H,1,6-7,9-11,13-15,17H2,2-5H3. The van der Waals surface area contributed by atoms with E-state index in [9.17, 15) is 5.11 Å². The second kappa shape index (κ2) is 6.92. The van der Waals surface area contributed by atoms with Crippen molar-refractivity contribution in [3.05, 3.63) is 35.5 Å². The molecule has 7 unspecified atom stereocenters. The molecular formula is C28H41NO. The molecule has 0 aromatic heterocycles. The Morgan fingerprint density at radius 3 is 2.70 bits per heavy atom. The number of aliphatic hydroxyl groups excluding tert-OH is 1. The van der Waals surface area contributed by atoms with E-state index in [0.29, 0.717) is 34.7 Å². The molecular weight excluding hydrogens is 366 g/mol. The number of aliphatic imine (C=N–C) groups is 1. The molecule has 0 amide bonds. The van der Waals surface area contributed by atoms with Crippen molar-refractivity contribution in [1.29, 1.82) is 0 Å². The van der Waals surface area contributed by atoms with E-state index in [-0.39, 0.29) is 0 Å². The molecule has 1 N–H and O–H groups in total. The molecule has 7 atom stereocenters. The number of rotatable bonds is 5. The van der Waals surface area contributed by atoms with Crippen molar-refractivity contribution >= 4 is 6.21 Å². The van der Waals surface area contributed by atoms with Crippen molar-refractivity contribution in [1.82, 2.24) is 0 Å². The molecule has 30 heavy (non-hydrogen) atoms. The molecule has 164 valence electrons. The fraction of sp³-hybridized carbons (Fsp3) is 0.750. The van der Waals surface area contributed by atoms with Gasteiger partial charge in [0, 0.05) is 12.8 Å². The monoisotopic (exact) mass is 407 g/mol. The van der Waals surface area contributed by atoms with Gasteiger partial charge in [-0.25, -0.2) is 0 Å². The molecule has 5 aliphatic rings. The van der Waals surface area contributed by atoms with Gasteiger partial charge in [0.1, 0.15) is 0 Å². The summed E-state index contributed by atoms with van der Waals surface area (Å²) in [7, 11) is 0. The highest BCUT2D eigenvalue weighted by Gasteiger charge is 2.71. The predicted octanol–water partition coefficient (Wildman–Crippen LogP) is 6.38. The molecule has 2 nitrogen and oxygen atoms in total. The van der Waals surface area contributed by atoms with Gasteiger partial charge in [0.05, 0.1) is 6.54 Å². The maximum Gasteiger partial charge on any atom is 0.0576 e. The molecule has 3 saturated carbocycles. The first-order chi connectivity index (χ1) is 14.2. The molecule has 1 heterocycles. The number of aliphatic hydroxyl groups is 1. The number of fused-ring (bicyclic) bond motifs is 4. The summed E-state index contributed by atoms with van der Waals surface area (Å²) >= 11 is 0. The summed E-state index contributed by atoms with van der Waals surface area (Å²) in [5.74, 6) is 3.38. The van der Waals surface area contributed by atoms with Crippen LogP contribution in [0.15, 0.2) is 40.4 Å². The minimum Gasteiger partial charge on any atom is -0.396 e. The van der Waals surface area contributed by atoms with Gasteiger partial charge in [-0.05, 0) is 96.4 Å². The fourth-order valence-corrected chi connectivity index (χ4v) is 8.74. The predicted molar refractivity (Wildman–Crippen MR) is 126 cm³/mol. The van der Waals surface area contributed by atoms with Crippen molar-refractivity contribution in [2.45, 2.75) is 72.6 Å². The van der Waals surface area contributed by atoms with Gasteiger partial charge in [-0.15, -0.1) is 0 Å². The van der Waals surface area contributed by atoms with E-state index >= 15 is 0 Å². The topological polar surface area (TPSA) is 32.6 Å². The van der Waals surface area contributed by atoms with Crippen LogP contribution in [0.2, 0.25) is 0 Å². The Bertz CT molecular complexity index is 832. The third kappa shape index (κ3) is 2.89. The van der Waals surface area contributed by atoms with E-state index in [1.165, 1.54) is 49.7 Å². The second-order valence-corrected chi connectivity index (χ2v) is 12.3. The van der Waals surface area contributed by atoms with E-state index in [0.717, 1.165) is 30.7 Å². The average Bonchev–Trinajstić information content (AvgIpc) is 3.09. The Kier molecular flexibility index (Phi) is 4.79. The van der Waals surface area contributed by atoms with Crippen LogP contribution in [0, 0.1) is 45.8 Å². The maximum atomic E-state index is 10.0. The van der Waals surface area contributed by atoms with Crippen LogP contribution in [0.4, 0.5) is 0 Å². The largest absolute Gasteiger partial charge is 0.396 e. The quantitative estimate of drug-likeness (QED) is 0.564. The Morgan fingerprint density at radius 2 is 2.00 bits per heavy atom. The number of nitrogens with zero attached hydrogens (tertiary/aromatic N) is 1. The molecule has 0 aromatic rings. The van der Waals surface area contributed by atoms with Gasteiger partial charge in [-0.1, -0.05) is 57.6 Å². The SMILES string of the molecule is C=C1C=C2C3(CCC(CC(CO)CC4=CCN=C4)C3)CCC(C)C2(C)C2C1C2(C)C. The van der Waals surface area contributed by atoms with Crippen molar-refractivity contribution in [2.24, 2.45) is 50.8 Å². The average molecular weight is 408 g/mol. The zero-order chi connectivity index (χ0) is 21.3. The summed E-state index contributed by atoms with van der Waals surface area (Å²) < 4.78 is 0. The van der Waals surface area contributed by atoms with Crippen molar-refractivity contribution < 1.29 is 5.11 Å². The van der Waals surface area contributed by atoms with Crippen LogP contribution in [-0.4, -0.2) is 24.5 Å². The van der Waals surface area contributed by atoms with E-state index in [2.05, 4.69) is 51.4 Å². The highest BCUT2D eigenvalue weighted by atomic mass is 16.3. The van der Waals surface area contributed by atoms with E-state index < -0.39 is 0 Å². The van der Waals surface area contributed by atoms with Gasteiger partial charge < -0.3 is 5.11 Å². The first-order valence-electron chi connectivity index (χ1n) is 12.4. The van der Waals surface area contributed by atoms with Gasteiger partial charge in [-0.2, -0.15) is 0 Å². The number of hydrogen-bond acceptors (Lipinski definition) is 2. The molecule has 0 aromatic carbocycles. The lowest BCUT2D eigenvalue weighted by atomic mass is 9.50. The lowest BCUT2D eigenvalue weighted by Gasteiger charge is -2.54. The van der Waals surface area contributed by atoms with Gasteiger partial charge in [-0.3, -0.25) is 4.99 Å². The van der Waals surface area contributed by atoms with Gasteiger partial charge in [0.2, 0.25) is 0 Å². The Labute approximate surface area is 183 Å². The molecule has 0 bridgehead atoms. The Morgan fingerprint density at radius 1 is 1.23 bits per heavy atom. The smallest absolute Gasteiger partial charge is 0.0576 e. The van der Waals surface area contributed by atoms with E-state index in [4.69, 9.17) is 0 Å². The van der Waals surface area contributed by atoms with Gasteiger partial charge >= 0.3 is 0 Å². The van der Waals surface area contributed by atoms with Gasteiger partial charge in [0.25, 0.3) is 0 Å². The molecule has 5 rings (SSSR count). The summed E-state index contributed by atoms with van der Waals surface area (Å²) in [6.07, 6.45) is 15.7. The van der Waals surface area contributed by atoms with Crippen LogP contribution >= 0.6 is 0 Å². The third-order valence-electron chi connectivity index (χ3n) is 10.3. The van der Waals surface area contributed by atoms with Crippen molar-refractivity contribution in [3.8, 4) is 0 Å². The highest BCUT2D eigenvalue weighted by Crippen LogP contribution is 2.78. The molecule has 0 saturated heterocycles. The normalized spacial score (nSPS) is 44.5. The maximum absolute atomic E-state index is 10.0. The molecule has 0 radical (unpaired) electrons. The van der Waals surface area contributed by atoms with Crippen LogP contribution in [0.5, 0.6) is 0 Å². The molecule has 1 spiro atoms. The molecule has 1 aliphatic heterocycles. The third-order valence-corrected chi connectivity index (χ3v) is 10.3. The summed E-state index contributed by atoms with van der Waals surface area (Å²) in [5, 5.41) is 10.0. The Hall–Kier alpha value is -1.15. The minimum absolute atomic E-state index is 0.306. The zero-order valence-corrected chi connectivity index (χ0v) is 19.6. The second-order valence-electron chi connectivity index (χ2n) is 12.3. The van der Waals surface area contributed by atoms with E-state index in [1.54, 1.807) is 5.57 Å². The minimum atomic E-state index is 0.306. The number of hydrogen-bond donors (Lipinski definition) is 1. The summed E-state index contributed by atoms with van der Waals surface area (Å²) in [4.78, 5) is 4.33. The lowest BCUT2D eigenvalue weighted by molar-refractivity contribution is 0.0696. The zero-order valence-electron chi connectivity index (χ0n) is 19.6. The van der Waals surface area contributed by atoms with Crippen LogP contribution < -0.4 is 0 Å². The summed E-state index contributed by atoms with van der Waals surface area (Å²) in [6.45, 7) is 15.8.